The van der Waals surface area contributed by atoms with Crippen LogP contribution in [0.1, 0.15) is 0 Å². The second-order valence-electron chi connectivity index (χ2n) is 2.61. The van der Waals surface area contributed by atoms with Crippen LogP contribution in [0.25, 0.3) is 0 Å². The lowest BCUT2D eigenvalue weighted by atomic mass is 10.4. The summed E-state index contributed by atoms with van der Waals surface area (Å²) in [6.07, 6.45) is 0. The van der Waals surface area contributed by atoms with E-state index in [1.54, 1.807) is 30.3 Å². The van der Waals surface area contributed by atoms with Crippen molar-refractivity contribution in [3.63, 3.8) is 0 Å². The van der Waals surface area contributed by atoms with Gasteiger partial charge >= 0.3 is 11.9 Å². The number of aliphatic carboxylic acids is 1. The third kappa shape index (κ3) is 2.99. The largest absolute Gasteiger partial charge is 0.477 e. The molecule has 0 saturated heterocycles. The average Bonchev–Trinajstić information content (AvgIpc) is 2.16. The smallest absolute Gasteiger partial charge is 0.375 e. The van der Waals surface area contributed by atoms with E-state index in [9.17, 15) is 13.6 Å². The molecule has 0 fully saturated rings. The summed E-state index contributed by atoms with van der Waals surface area (Å²) >= 11 is 0.825. The highest BCUT2D eigenvalue weighted by Gasteiger charge is 2.38. The van der Waals surface area contributed by atoms with Crippen molar-refractivity contribution in [3.05, 3.63) is 30.3 Å². The maximum absolute atomic E-state index is 12.6. The van der Waals surface area contributed by atoms with Gasteiger partial charge in [0.15, 0.2) is 0 Å². The SMILES string of the molecule is O=C(O)C(F)(F)CSc1ccccc1. The van der Waals surface area contributed by atoms with E-state index >= 15 is 0 Å². The van der Waals surface area contributed by atoms with Gasteiger partial charge in [0.25, 0.3) is 0 Å². The molecule has 0 aliphatic heterocycles. The third-order valence-electron chi connectivity index (χ3n) is 1.48. The molecule has 0 atom stereocenters. The Bertz CT molecular complexity index is 314. The maximum Gasteiger partial charge on any atom is 0.375 e. The zero-order valence-electron chi connectivity index (χ0n) is 7.11. The number of benzene rings is 1. The number of alkyl halides is 2. The van der Waals surface area contributed by atoms with Gasteiger partial charge in [0, 0.05) is 4.90 Å². The van der Waals surface area contributed by atoms with Crippen molar-refractivity contribution >= 4 is 17.7 Å². The minimum atomic E-state index is -3.67. The van der Waals surface area contributed by atoms with Gasteiger partial charge in [0.2, 0.25) is 0 Å². The summed E-state index contributed by atoms with van der Waals surface area (Å²) in [6.45, 7) is 0. The Kier molecular flexibility index (Phi) is 3.46. The standard InChI is InChI=1S/C9H8F2O2S/c10-9(11,8(12)13)6-14-7-4-2-1-3-5-7/h1-5H,6H2,(H,12,13). The van der Waals surface area contributed by atoms with Gasteiger partial charge in [-0.25, -0.2) is 4.79 Å². The lowest BCUT2D eigenvalue weighted by molar-refractivity contribution is -0.161. The van der Waals surface area contributed by atoms with Crippen LogP contribution in [0.15, 0.2) is 35.2 Å². The maximum atomic E-state index is 12.6. The number of halogens is 2. The normalized spacial score (nSPS) is 11.3. The molecule has 1 aromatic rings. The van der Waals surface area contributed by atoms with E-state index in [1.807, 2.05) is 0 Å². The Balaban J connectivity index is 2.53. The molecule has 0 aliphatic carbocycles. The molecule has 1 aromatic carbocycles. The van der Waals surface area contributed by atoms with Crippen molar-refractivity contribution < 1.29 is 18.7 Å². The van der Waals surface area contributed by atoms with Gasteiger partial charge in [-0.05, 0) is 12.1 Å². The number of carboxylic acid groups (broad SMARTS) is 1. The van der Waals surface area contributed by atoms with E-state index in [-0.39, 0.29) is 0 Å². The van der Waals surface area contributed by atoms with Gasteiger partial charge in [-0.15, -0.1) is 11.8 Å². The first-order valence-electron chi connectivity index (χ1n) is 3.81. The van der Waals surface area contributed by atoms with Crippen LogP contribution in [0, 0.1) is 0 Å². The number of carboxylic acids is 1. The van der Waals surface area contributed by atoms with Gasteiger partial charge in [-0.3, -0.25) is 0 Å². The monoisotopic (exact) mass is 218 g/mol. The van der Waals surface area contributed by atoms with Crippen LogP contribution >= 0.6 is 11.8 Å². The summed E-state index contributed by atoms with van der Waals surface area (Å²) in [5.41, 5.74) is 0. The first-order chi connectivity index (χ1) is 6.52. The average molecular weight is 218 g/mol. The van der Waals surface area contributed by atoms with E-state index in [1.165, 1.54) is 0 Å². The fraction of sp³-hybridized carbons (Fsp3) is 0.222. The Morgan fingerprint density at radius 3 is 2.43 bits per heavy atom. The summed E-state index contributed by atoms with van der Waals surface area (Å²) in [7, 11) is 0. The molecular weight excluding hydrogens is 210 g/mol. The van der Waals surface area contributed by atoms with Crippen LogP contribution in [-0.2, 0) is 4.79 Å². The number of hydrogen-bond donors (Lipinski definition) is 1. The second-order valence-corrected chi connectivity index (χ2v) is 3.66. The summed E-state index contributed by atoms with van der Waals surface area (Å²) in [5.74, 6) is -6.49. The quantitative estimate of drug-likeness (QED) is 0.789. The van der Waals surface area contributed by atoms with Crippen molar-refractivity contribution in [2.45, 2.75) is 10.8 Å². The molecule has 76 valence electrons. The van der Waals surface area contributed by atoms with Crippen molar-refractivity contribution in [1.82, 2.24) is 0 Å². The molecule has 0 aromatic heterocycles. The highest BCUT2D eigenvalue weighted by molar-refractivity contribution is 7.99. The molecule has 0 amide bonds. The molecule has 0 unspecified atom stereocenters. The minimum Gasteiger partial charge on any atom is -0.477 e. The molecule has 0 bridgehead atoms. The van der Waals surface area contributed by atoms with Crippen LogP contribution in [0.2, 0.25) is 0 Å². The van der Waals surface area contributed by atoms with Crippen molar-refractivity contribution in [2.24, 2.45) is 0 Å². The predicted molar refractivity (Wildman–Crippen MR) is 49.7 cm³/mol. The van der Waals surface area contributed by atoms with Crippen LogP contribution in [0.4, 0.5) is 8.78 Å². The molecule has 5 heteroatoms. The molecule has 0 saturated carbocycles. The fourth-order valence-electron chi connectivity index (χ4n) is 0.752. The molecule has 0 heterocycles. The van der Waals surface area contributed by atoms with E-state index < -0.39 is 17.6 Å². The zero-order chi connectivity index (χ0) is 10.6. The second kappa shape index (κ2) is 4.41. The fourth-order valence-corrected chi connectivity index (χ4v) is 1.57. The lowest BCUT2D eigenvalue weighted by Crippen LogP contribution is -2.30. The highest BCUT2D eigenvalue weighted by Crippen LogP contribution is 2.26. The molecule has 14 heavy (non-hydrogen) atoms. The van der Waals surface area contributed by atoms with Gasteiger partial charge in [-0.1, -0.05) is 18.2 Å². The van der Waals surface area contributed by atoms with Crippen molar-refractivity contribution in [3.8, 4) is 0 Å². The zero-order valence-corrected chi connectivity index (χ0v) is 7.93. The number of rotatable bonds is 4. The first kappa shape index (κ1) is 11.0. The number of hydrogen-bond acceptors (Lipinski definition) is 2. The highest BCUT2D eigenvalue weighted by atomic mass is 32.2. The number of thioether (sulfide) groups is 1. The van der Waals surface area contributed by atoms with E-state index in [2.05, 4.69) is 0 Å². The van der Waals surface area contributed by atoms with Gasteiger partial charge < -0.3 is 5.11 Å². The van der Waals surface area contributed by atoms with E-state index in [0.29, 0.717) is 4.90 Å². The summed E-state index contributed by atoms with van der Waals surface area (Å²) < 4.78 is 25.2. The van der Waals surface area contributed by atoms with E-state index in [4.69, 9.17) is 5.11 Å². The minimum absolute atomic E-state index is 0.633. The van der Waals surface area contributed by atoms with Gasteiger partial charge in [0.1, 0.15) is 0 Å². The first-order valence-corrected chi connectivity index (χ1v) is 4.80. The Morgan fingerprint density at radius 2 is 1.93 bits per heavy atom. The van der Waals surface area contributed by atoms with Crippen molar-refractivity contribution in [2.75, 3.05) is 5.75 Å². The Hall–Kier alpha value is -1.10. The van der Waals surface area contributed by atoms with Gasteiger partial charge in [0.05, 0.1) is 5.75 Å². The van der Waals surface area contributed by atoms with Crippen LogP contribution in [0.5, 0.6) is 0 Å². The van der Waals surface area contributed by atoms with Crippen LogP contribution in [0.3, 0.4) is 0 Å². The Labute approximate surface area is 83.9 Å². The topological polar surface area (TPSA) is 37.3 Å². The van der Waals surface area contributed by atoms with Crippen LogP contribution < -0.4 is 0 Å². The van der Waals surface area contributed by atoms with Crippen LogP contribution in [-0.4, -0.2) is 22.8 Å². The lowest BCUT2D eigenvalue weighted by Gasteiger charge is -2.09. The summed E-state index contributed by atoms with van der Waals surface area (Å²) in [5, 5.41) is 8.16. The molecular formula is C9H8F2O2S. The summed E-state index contributed by atoms with van der Waals surface area (Å²) in [6, 6.07) is 8.49. The molecule has 1 N–H and O–H groups in total. The van der Waals surface area contributed by atoms with Crippen molar-refractivity contribution in [1.29, 1.82) is 0 Å². The number of carbonyl (C=O) groups is 1. The molecule has 1 rings (SSSR count). The molecule has 0 spiro atoms. The van der Waals surface area contributed by atoms with E-state index in [0.717, 1.165) is 11.8 Å². The molecule has 2 nitrogen and oxygen atoms in total. The molecule has 0 aliphatic rings. The summed E-state index contributed by atoms with van der Waals surface area (Å²) in [4.78, 5) is 10.7. The predicted octanol–water partition coefficient (Wildman–Crippen LogP) is 2.50. The Morgan fingerprint density at radius 1 is 1.36 bits per heavy atom. The molecule has 0 radical (unpaired) electrons. The third-order valence-corrected chi connectivity index (χ3v) is 2.59. The van der Waals surface area contributed by atoms with Gasteiger partial charge in [-0.2, -0.15) is 8.78 Å².